The summed E-state index contributed by atoms with van der Waals surface area (Å²) in [4.78, 5) is 28.8. The number of rotatable bonds is 7. The first-order valence-corrected chi connectivity index (χ1v) is 7.56. The number of piperazine rings is 1. The lowest BCUT2D eigenvalue weighted by atomic mass is 10.3. The molecule has 0 unspecified atom stereocenters. The molecule has 0 spiro atoms. The highest BCUT2D eigenvalue weighted by atomic mass is 16.4. The number of carbonyl (C=O) groups is 2. The number of carboxylic acids is 1. The van der Waals surface area contributed by atoms with Crippen molar-refractivity contribution < 1.29 is 14.7 Å². The van der Waals surface area contributed by atoms with Gasteiger partial charge in [-0.1, -0.05) is 13.3 Å². The van der Waals surface area contributed by atoms with Crippen LogP contribution in [0.25, 0.3) is 0 Å². The third-order valence-corrected chi connectivity index (χ3v) is 3.72. The lowest BCUT2D eigenvalue weighted by Crippen LogP contribution is -2.53. The van der Waals surface area contributed by atoms with E-state index in [9.17, 15) is 9.59 Å². The number of amides is 2. The minimum atomic E-state index is -0.764. The second kappa shape index (κ2) is 8.79. The third-order valence-electron chi connectivity index (χ3n) is 3.72. The summed E-state index contributed by atoms with van der Waals surface area (Å²) >= 11 is 0. The van der Waals surface area contributed by atoms with E-state index < -0.39 is 5.97 Å². The number of aliphatic carboxylic acids is 1. The van der Waals surface area contributed by atoms with Gasteiger partial charge < -0.3 is 14.9 Å². The monoisotopic (exact) mass is 285 g/mol. The van der Waals surface area contributed by atoms with Crippen LogP contribution < -0.4 is 0 Å². The highest BCUT2D eigenvalue weighted by molar-refractivity contribution is 5.74. The predicted molar refractivity (Wildman–Crippen MR) is 77.8 cm³/mol. The molecule has 1 aliphatic rings. The van der Waals surface area contributed by atoms with Gasteiger partial charge in [0.15, 0.2) is 0 Å². The van der Waals surface area contributed by atoms with E-state index in [-0.39, 0.29) is 12.5 Å². The molecule has 0 aromatic carbocycles. The number of urea groups is 1. The fraction of sp³-hybridized carbons (Fsp3) is 0.857. The largest absolute Gasteiger partial charge is 0.481 e. The Labute approximate surface area is 121 Å². The van der Waals surface area contributed by atoms with E-state index in [0.29, 0.717) is 19.6 Å². The molecule has 0 aliphatic carbocycles. The maximum atomic E-state index is 12.3. The zero-order chi connectivity index (χ0) is 15.0. The van der Waals surface area contributed by atoms with Crippen LogP contribution in [0.1, 0.15) is 33.1 Å². The fourth-order valence-electron chi connectivity index (χ4n) is 2.35. The van der Waals surface area contributed by atoms with Gasteiger partial charge in [0.1, 0.15) is 0 Å². The van der Waals surface area contributed by atoms with E-state index >= 15 is 0 Å². The molecule has 6 heteroatoms. The van der Waals surface area contributed by atoms with Crippen molar-refractivity contribution in [2.45, 2.75) is 33.1 Å². The summed E-state index contributed by atoms with van der Waals surface area (Å²) in [5, 5.41) is 8.67. The zero-order valence-electron chi connectivity index (χ0n) is 12.7. The molecule has 116 valence electrons. The van der Waals surface area contributed by atoms with Crippen LogP contribution in [0.15, 0.2) is 0 Å². The lowest BCUT2D eigenvalue weighted by molar-refractivity contribution is -0.137. The smallest absolute Gasteiger partial charge is 0.320 e. The fourth-order valence-corrected chi connectivity index (χ4v) is 2.35. The Morgan fingerprint density at radius 2 is 1.80 bits per heavy atom. The number of hydrogen-bond donors (Lipinski definition) is 1. The molecule has 1 heterocycles. The van der Waals surface area contributed by atoms with Crippen molar-refractivity contribution in [3.8, 4) is 0 Å². The predicted octanol–water partition coefficient (Wildman–Crippen LogP) is 1.32. The van der Waals surface area contributed by atoms with E-state index in [0.717, 1.165) is 39.0 Å². The number of hydrogen-bond acceptors (Lipinski definition) is 3. The normalized spacial score (nSPS) is 16.2. The van der Waals surface area contributed by atoms with Crippen LogP contribution in [0.3, 0.4) is 0 Å². The third kappa shape index (κ3) is 5.36. The van der Waals surface area contributed by atoms with Gasteiger partial charge in [0.05, 0.1) is 6.42 Å². The van der Waals surface area contributed by atoms with Crippen LogP contribution >= 0.6 is 0 Å². The molecule has 1 aliphatic heterocycles. The molecule has 0 aromatic rings. The number of carbonyl (C=O) groups excluding carboxylic acids is 1. The molecule has 1 rings (SSSR count). The Morgan fingerprint density at radius 3 is 2.30 bits per heavy atom. The van der Waals surface area contributed by atoms with Crippen molar-refractivity contribution in [1.29, 1.82) is 0 Å². The van der Waals surface area contributed by atoms with Crippen molar-refractivity contribution in [3.05, 3.63) is 0 Å². The van der Waals surface area contributed by atoms with Crippen LogP contribution in [0, 0.1) is 0 Å². The second-order valence-electron chi connectivity index (χ2n) is 5.19. The van der Waals surface area contributed by atoms with Gasteiger partial charge in [-0.25, -0.2) is 4.79 Å². The summed E-state index contributed by atoms with van der Waals surface area (Å²) in [6, 6.07) is 0.124. The molecule has 0 aromatic heterocycles. The molecule has 1 N–H and O–H groups in total. The van der Waals surface area contributed by atoms with Gasteiger partial charge in [0.2, 0.25) is 0 Å². The van der Waals surface area contributed by atoms with Crippen molar-refractivity contribution in [2.24, 2.45) is 0 Å². The Hall–Kier alpha value is -1.30. The maximum Gasteiger partial charge on any atom is 0.320 e. The van der Waals surface area contributed by atoms with Crippen molar-refractivity contribution in [1.82, 2.24) is 14.7 Å². The Bertz CT molecular complexity index is 315. The number of nitrogens with zero attached hydrogens (tertiary/aromatic N) is 3. The summed E-state index contributed by atoms with van der Waals surface area (Å²) in [6.45, 7) is 9.21. The van der Waals surface area contributed by atoms with E-state index in [1.54, 1.807) is 0 Å². The first-order valence-electron chi connectivity index (χ1n) is 7.56. The van der Waals surface area contributed by atoms with Gasteiger partial charge in [0, 0.05) is 45.8 Å². The second-order valence-corrected chi connectivity index (χ2v) is 5.19. The molecule has 1 fully saturated rings. The van der Waals surface area contributed by atoms with Crippen molar-refractivity contribution >= 4 is 12.0 Å². The van der Waals surface area contributed by atoms with Gasteiger partial charge in [-0.3, -0.25) is 9.69 Å². The average molecular weight is 285 g/mol. The summed E-state index contributed by atoms with van der Waals surface area (Å²) in [7, 11) is 0. The topological polar surface area (TPSA) is 64.1 Å². The Kier molecular flexibility index (Phi) is 7.36. The highest BCUT2D eigenvalue weighted by Gasteiger charge is 2.24. The Balaban J connectivity index is 2.35. The lowest BCUT2D eigenvalue weighted by Gasteiger charge is -2.37. The van der Waals surface area contributed by atoms with Crippen molar-refractivity contribution in [3.63, 3.8) is 0 Å². The first kappa shape index (κ1) is 16.8. The van der Waals surface area contributed by atoms with Gasteiger partial charge in [-0.15, -0.1) is 0 Å². The zero-order valence-corrected chi connectivity index (χ0v) is 12.7. The SMILES string of the molecule is CCCCN(CC)C(=O)N1CCN(CCC(=O)O)CC1. The van der Waals surface area contributed by atoms with E-state index in [2.05, 4.69) is 11.8 Å². The molecule has 2 amide bonds. The molecule has 0 bridgehead atoms. The van der Waals surface area contributed by atoms with Gasteiger partial charge in [0.25, 0.3) is 0 Å². The highest BCUT2D eigenvalue weighted by Crippen LogP contribution is 2.07. The van der Waals surface area contributed by atoms with Gasteiger partial charge in [-0.05, 0) is 13.3 Å². The van der Waals surface area contributed by atoms with Crippen LogP contribution in [0.4, 0.5) is 4.79 Å². The van der Waals surface area contributed by atoms with Crippen LogP contribution in [0.5, 0.6) is 0 Å². The molecule has 1 saturated heterocycles. The molecule has 0 radical (unpaired) electrons. The minimum Gasteiger partial charge on any atom is -0.481 e. The maximum absolute atomic E-state index is 12.3. The summed E-state index contributed by atoms with van der Waals surface area (Å²) < 4.78 is 0. The average Bonchev–Trinajstić information content (AvgIpc) is 2.46. The molecule has 0 saturated carbocycles. The van der Waals surface area contributed by atoms with Crippen LogP contribution in [0.2, 0.25) is 0 Å². The summed E-state index contributed by atoms with van der Waals surface area (Å²) in [5.74, 6) is -0.764. The van der Waals surface area contributed by atoms with E-state index in [1.807, 2.05) is 16.7 Å². The summed E-state index contributed by atoms with van der Waals surface area (Å²) in [5.41, 5.74) is 0. The van der Waals surface area contributed by atoms with Crippen LogP contribution in [-0.4, -0.2) is 77.6 Å². The molecule has 6 nitrogen and oxygen atoms in total. The molecular weight excluding hydrogens is 258 g/mol. The van der Waals surface area contributed by atoms with Crippen LogP contribution in [-0.2, 0) is 4.79 Å². The number of carboxylic acid groups (broad SMARTS) is 1. The molecule has 20 heavy (non-hydrogen) atoms. The quantitative estimate of drug-likeness (QED) is 0.766. The van der Waals surface area contributed by atoms with E-state index in [1.165, 1.54) is 0 Å². The van der Waals surface area contributed by atoms with Gasteiger partial charge >= 0.3 is 12.0 Å². The van der Waals surface area contributed by atoms with E-state index in [4.69, 9.17) is 5.11 Å². The standard InChI is InChI=1S/C14H27N3O3/c1-3-5-7-16(4-2)14(20)17-11-9-15(10-12-17)8-6-13(18)19/h3-12H2,1-2H3,(H,18,19). The number of unbranched alkanes of at least 4 members (excludes halogenated alkanes) is 1. The first-order chi connectivity index (χ1) is 9.58. The van der Waals surface area contributed by atoms with Crippen molar-refractivity contribution in [2.75, 3.05) is 45.8 Å². The molecular formula is C14H27N3O3. The minimum absolute atomic E-state index is 0.124. The molecule has 0 atom stereocenters. The Morgan fingerprint density at radius 1 is 1.15 bits per heavy atom. The van der Waals surface area contributed by atoms with Gasteiger partial charge in [-0.2, -0.15) is 0 Å². The summed E-state index contributed by atoms with van der Waals surface area (Å²) in [6.07, 6.45) is 2.30.